The molecule has 2 aliphatic rings. The highest BCUT2D eigenvalue weighted by atomic mass is 16.5. The smallest absolute Gasteiger partial charge is 0.162 e. The number of pyridine rings is 1. The Morgan fingerprint density at radius 1 is 1.19 bits per heavy atom. The second-order valence-corrected chi connectivity index (χ2v) is 6.65. The van der Waals surface area contributed by atoms with E-state index in [0.717, 1.165) is 41.1 Å². The molecule has 7 nitrogen and oxygen atoms in total. The van der Waals surface area contributed by atoms with Gasteiger partial charge >= 0.3 is 0 Å². The first kappa shape index (κ1) is 15.5. The number of nitrogens with one attached hydrogen (secondary N) is 2. The van der Waals surface area contributed by atoms with Crippen molar-refractivity contribution in [3.05, 3.63) is 53.9 Å². The number of fused-ring (bicyclic) bond motifs is 1. The molecule has 0 atom stereocenters. The summed E-state index contributed by atoms with van der Waals surface area (Å²) in [4.78, 5) is 9.03. The van der Waals surface area contributed by atoms with Crippen LogP contribution >= 0.6 is 0 Å². The number of amidine groups is 1. The zero-order chi connectivity index (χ0) is 17.3. The van der Waals surface area contributed by atoms with Crippen LogP contribution in [0.1, 0.15) is 24.0 Å². The summed E-state index contributed by atoms with van der Waals surface area (Å²) in [5.74, 6) is 0.842. The molecule has 7 heteroatoms. The maximum atomic E-state index is 5.73. The summed E-state index contributed by atoms with van der Waals surface area (Å²) in [6.07, 6.45) is 7.59. The van der Waals surface area contributed by atoms with Crippen LogP contribution in [0.15, 0.2) is 47.7 Å². The van der Waals surface area contributed by atoms with Crippen molar-refractivity contribution >= 4 is 16.9 Å². The molecule has 3 aromatic rings. The van der Waals surface area contributed by atoms with Gasteiger partial charge in [0.1, 0.15) is 12.5 Å². The maximum Gasteiger partial charge on any atom is 0.162 e. The van der Waals surface area contributed by atoms with E-state index in [1.54, 1.807) is 0 Å². The van der Waals surface area contributed by atoms with Gasteiger partial charge in [-0.05, 0) is 43.0 Å². The zero-order valence-corrected chi connectivity index (χ0v) is 14.4. The highest BCUT2D eigenvalue weighted by Gasteiger charge is 2.21. The van der Waals surface area contributed by atoms with E-state index in [1.807, 2.05) is 35.3 Å². The van der Waals surface area contributed by atoms with Crippen molar-refractivity contribution in [1.82, 2.24) is 25.6 Å². The highest BCUT2D eigenvalue weighted by molar-refractivity contribution is 5.99. The Labute approximate surface area is 151 Å². The first-order valence-electron chi connectivity index (χ1n) is 8.95. The number of benzene rings is 1. The van der Waals surface area contributed by atoms with Crippen LogP contribution in [-0.4, -0.2) is 40.0 Å². The van der Waals surface area contributed by atoms with Gasteiger partial charge in [-0.3, -0.25) is 0 Å². The third-order valence-electron chi connectivity index (χ3n) is 4.62. The normalized spacial score (nSPS) is 16.7. The number of hydrazine groups is 1. The minimum absolute atomic E-state index is 0.496. The number of hydrogen-bond acceptors (Lipinski definition) is 6. The molecule has 0 spiro atoms. The van der Waals surface area contributed by atoms with Gasteiger partial charge in [-0.2, -0.15) is 5.10 Å². The number of ether oxygens (including phenoxy) is 1. The molecule has 0 unspecified atom stereocenters. The number of aromatic nitrogens is 3. The minimum atomic E-state index is 0.496. The molecule has 1 saturated carbocycles. The molecule has 1 aliphatic carbocycles. The molecule has 1 fully saturated rings. The molecule has 2 aromatic heterocycles. The van der Waals surface area contributed by atoms with Crippen LogP contribution in [0, 0.1) is 0 Å². The molecule has 3 heterocycles. The van der Waals surface area contributed by atoms with E-state index in [9.17, 15) is 0 Å². The van der Waals surface area contributed by atoms with Gasteiger partial charge in [-0.25, -0.2) is 20.1 Å². The highest BCUT2D eigenvalue weighted by Crippen LogP contribution is 2.24. The molecule has 1 aliphatic heterocycles. The fourth-order valence-corrected chi connectivity index (χ4v) is 3.10. The fraction of sp³-hybridized carbons (Fsp3) is 0.316. The van der Waals surface area contributed by atoms with Crippen molar-refractivity contribution in [1.29, 1.82) is 0 Å². The van der Waals surface area contributed by atoms with E-state index >= 15 is 0 Å². The van der Waals surface area contributed by atoms with E-state index in [0.29, 0.717) is 12.8 Å². The van der Waals surface area contributed by atoms with Gasteiger partial charge in [0, 0.05) is 17.1 Å². The van der Waals surface area contributed by atoms with Crippen molar-refractivity contribution in [2.24, 2.45) is 4.99 Å². The summed E-state index contributed by atoms with van der Waals surface area (Å²) in [6, 6.07) is 10.3. The van der Waals surface area contributed by atoms with Gasteiger partial charge < -0.3 is 10.2 Å². The minimum Gasteiger partial charge on any atom is -0.378 e. The van der Waals surface area contributed by atoms with Crippen molar-refractivity contribution in [3.8, 4) is 5.69 Å². The molecule has 2 N–H and O–H groups in total. The molecule has 132 valence electrons. The van der Waals surface area contributed by atoms with Crippen molar-refractivity contribution in [2.75, 3.05) is 13.3 Å². The predicted molar refractivity (Wildman–Crippen MR) is 99.2 cm³/mol. The van der Waals surface area contributed by atoms with E-state index < -0.39 is 0 Å². The van der Waals surface area contributed by atoms with Gasteiger partial charge in [-0.1, -0.05) is 12.1 Å². The van der Waals surface area contributed by atoms with Gasteiger partial charge in [0.15, 0.2) is 5.65 Å². The second-order valence-electron chi connectivity index (χ2n) is 6.65. The average Bonchev–Trinajstić information content (AvgIpc) is 3.18. The van der Waals surface area contributed by atoms with E-state index in [-0.39, 0.29) is 0 Å². The van der Waals surface area contributed by atoms with Crippen molar-refractivity contribution in [2.45, 2.75) is 25.4 Å². The first-order valence-corrected chi connectivity index (χ1v) is 8.95. The maximum absolute atomic E-state index is 5.73. The molecule has 5 rings (SSSR count). The quantitative estimate of drug-likeness (QED) is 0.712. The fourth-order valence-electron chi connectivity index (χ4n) is 3.10. The molecule has 0 amide bonds. The van der Waals surface area contributed by atoms with Crippen LogP contribution in [0.25, 0.3) is 16.7 Å². The number of nitrogens with zero attached hydrogens (tertiary/aromatic N) is 4. The van der Waals surface area contributed by atoms with Crippen LogP contribution in [-0.2, 0) is 11.2 Å². The Morgan fingerprint density at radius 3 is 3.00 bits per heavy atom. The molecule has 0 radical (unpaired) electrons. The Kier molecular flexibility index (Phi) is 3.88. The average molecular weight is 348 g/mol. The van der Waals surface area contributed by atoms with Gasteiger partial charge in [0.25, 0.3) is 0 Å². The monoisotopic (exact) mass is 348 g/mol. The summed E-state index contributed by atoms with van der Waals surface area (Å²) in [7, 11) is 0. The summed E-state index contributed by atoms with van der Waals surface area (Å²) in [5, 5.41) is 5.58. The van der Waals surface area contributed by atoms with Gasteiger partial charge in [-0.15, -0.1) is 0 Å². The second kappa shape index (κ2) is 6.51. The lowest BCUT2D eigenvalue weighted by Crippen LogP contribution is -2.30. The van der Waals surface area contributed by atoms with Crippen LogP contribution in [0.2, 0.25) is 0 Å². The molecule has 26 heavy (non-hydrogen) atoms. The Hall–Kier alpha value is -2.77. The first-order chi connectivity index (χ1) is 12.9. The number of aliphatic imine (C=N–C) groups is 1. The van der Waals surface area contributed by atoms with Crippen LogP contribution in [0.5, 0.6) is 0 Å². The lowest BCUT2D eigenvalue weighted by atomic mass is 10.2. The van der Waals surface area contributed by atoms with E-state index in [4.69, 9.17) is 4.74 Å². The number of rotatable bonds is 6. The topological polar surface area (TPSA) is 76.4 Å². The van der Waals surface area contributed by atoms with E-state index in [1.165, 1.54) is 18.4 Å². The molecular formula is C19H20N6O. The predicted octanol–water partition coefficient (Wildman–Crippen LogP) is 1.95. The third kappa shape index (κ3) is 3.07. The third-order valence-corrected chi connectivity index (χ3v) is 4.62. The molecular weight excluding hydrogens is 328 g/mol. The summed E-state index contributed by atoms with van der Waals surface area (Å²) < 4.78 is 7.60. The standard InChI is InChI=1S/C19H20N6O/c1-2-14(18-21-12-22-24-18)9-16(3-1)25-19-15(11-23-25)8-13(10-20-19)6-7-26-17-4-5-17/h1-3,8-11,17,22H,4-7,12H2,(H,21,24). The van der Waals surface area contributed by atoms with Crippen molar-refractivity contribution < 1.29 is 4.74 Å². The Morgan fingerprint density at radius 2 is 2.15 bits per heavy atom. The van der Waals surface area contributed by atoms with Gasteiger partial charge in [0.05, 0.1) is 24.6 Å². The van der Waals surface area contributed by atoms with E-state index in [2.05, 4.69) is 38.1 Å². The van der Waals surface area contributed by atoms with Crippen LogP contribution in [0.3, 0.4) is 0 Å². The summed E-state index contributed by atoms with van der Waals surface area (Å²) in [5.41, 5.74) is 10.1. The molecule has 0 saturated heterocycles. The van der Waals surface area contributed by atoms with Crippen LogP contribution < -0.4 is 10.9 Å². The van der Waals surface area contributed by atoms with Gasteiger partial charge in [0.2, 0.25) is 0 Å². The Bertz CT molecular complexity index is 975. The largest absolute Gasteiger partial charge is 0.378 e. The lowest BCUT2D eigenvalue weighted by Gasteiger charge is -2.07. The molecule has 1 aromatic carbocycles. The van der Waals surface area contributed by atoms with Crippen LogP contribution in [0.4, 0.5) is 0 Å². The lowest BCUT2D eigenvalue weighted by molar-refractivity contribution is 0.122. The zero-order valence-electron chi connectivity index (χ0n) is 14.4. The SMILES string of the molecule is c1cc(C2=NCNN2)cc(-n2ncc3cc(CCOC4CC4)cnc32)c1. The number of hydrogen-bond donors (Lipinski definition) is 2. The molecule has 0 bridgehead atoms. The summed E-state index contributed by atoms with van der Waals surface area (Å²) in [6.45, 7) is 1.34. The summed E-state index contributed by atoms with van der Waals surface area (Å²) >= 11 is 0. The van der Waals surface area contributed by atoms with Crippen molar-refractivity contribution in [3.63, 3.8) is 0 Å². The Balaban J connectivity index is 1.41.